The summed E-state index contributed by atoms with van der Waals surface area (Å²) < 4.78 is 0. The minimum Gasteiger partial charge on any atom is -0.340 e. The molecule has 0 spiro atoms. The van der Waals surface area contributed by atoms with Crippen molar-refractivity contribution in [3.63, 3.8) is 0 Å². The molecule has 1 heteroatoms. The van der Waals surface area contributed by atoms with Gasteiger partial charge in [0.25, 0.3) is 0 Å². The zero-order chi connectivity index (χ0) is 27.9. The van der Waals surface area contributed by atoms with E-state index >= 15 is 0 Å². The number of nitrogens with zero attached hydrogens (tertiary/aromatic N) is 1. The maximum Gasteiger partial charge on any atom is 0.0771 e. The van der Waals surface area contributed by atoms with Crippen molar-refractivity contribution in [2.75, 3.05) is 11.4 Å². The molecule has 0 N–H and O–H groups in total. The van der Waals surface area contributed by atoms with Crippen molar-refractivity contribution in [3.8, 4) is 0 Å². The highest BCUT2D eigenvalue weighted by Gasteiger charge is 2.63. The molecule has 0 radical (unpaired) electrons. The molecule has 40 heavy (non-hydrogen) atoms. The minimum absolute atomic E-state index is 0.664. The van der Waals surface area contributed by atoms with Gasteiger partial charge in [-0.15, -0.1) is 0 Å². The van der Waals surface area contributed by atoms with Gasteiger partial charge in [-0.3, -0.25) is 0 Å². The Labute approximate surface area is 238 Å². The highest BCUT2D eigenvalue weighted by Crippen LogP contribution is 2.66. The van der Waals surface area contributed by atoms with E-state index in [4.69, 9.17) is 13.2 Å². The van der Waals surface area contributed by atoms with Crippen molar-refractivity contribution in [3.05, 3.63) is 192 Å². The number of anilines is 1. The van der Waals surface area contributed by atoms with E-state index in [1.165, 1.54) is 44.6 Å². The summed E-state index contributed by atoms with van der Waals surface area (Å²) >= 11 is 0. The van der Waals surface area contributed by atoms with Crippen molar-refractivity contribution in [2.45, 2.75) is 24.7 Å². The third-order valence-corrected chi connectivity index (χ3v) is 8.85. The molecule has 4 aromatic rings. The van der Waals surface area contributed by atoms with Gasteiger partial charge in [0.2, 0.25) is 0 Å². The monoisotopic (exact) mass is 517 g/mol. The SMILES string of the molecule is C=CC1=CCN2C(=C)C(C(=C)C=CC)(c3ccccc3)C(c3ccccc3)(c3ccccc3)c3ccc(C)c1c32. The molecule has 4 aromatic carbocycles. The van der Waals surface area contributed by atoms with Gasteiger partial charge < -0.3 is 4.90 Å². The second kappa shape index (κ2) is 9.84. The molecule has 0 aliphatic carbocycles. The lowest BCUT2D eigenvalue weighted by atomic mass is 9.45. The second-order valence-corrected chi connectivity index (χ2v) is 10.7. The Bertz CT molecular complexity index is 1630. The van der Waals surface area contributed by atoms with Gasteiger partial charge in [-0.25, -0.2) is 0 Å². The van der Waals surface area contributed by atoms with Crippen molar-refractivity contribution >= 4 is 11.3 Å². The van der Waals surface area contributed by atoms with E-state index in [2.05, 4.69) is 147 Å². The van der Waals surface area contributed by atoms with Gasteiger partial charge in [0.15, 0.2) is 0 Å². The van der Waals surface area contributed by atoms with Crippen LogP contribution in [0.25, 0.3) is 5.57 Å². The van der Waals surface area contributed by atoms with Crippen LogP contribution in [0.1, 0.15) is 40.3 Å². The molecular formula is C39H35N. The predicted molar refractivity (Wildman–Crippen MR) is 171 cm³/mol. The van der Waals surface area contributed by atoms with Crippen LogP contribution in [0.4, 0.5) is 5.69 Å². The van der Waals surface area contributed by atoms with Crippen LogP contribution in [0, 0.1) is 6.92 Å². The fraction of sp³-hybridized carbons (Fsp3) is 0.128. The summed E-state index contributed by atoms with van der Waals surface area (Å²) in [7, 11) is 0. The van der Waals surface area contributed by atoms with E-state index < -0.39 is 10.8 Å². The van der Waals surface area contributed by atoms with E-state index in [-0.39, 0.29) is 0 Å². The van der Waals surface area contributed by atoms with Crippen LogP contribution < -0.4 is 4.90 Å². The highest BCUT2D eigenvalue weighted by molar-refractivity contribution is 5.93. The first-order chi connectivity index (χ1) is 19.5. The highest BCUT2D eigenvalue weighted by atomic mass is 15.2. The largest absolute Gasteiger partial charge is 0.340 e. The number of hydrogen-bond acceptors (Lipinski definition) is 1. The molecule has 0 bridgehead atoms. The topological polar surface area (TPSA) is 3.24 Å². The van der Waals surface area contributed by atoms with Gasteiger partial charge in [0.1, 0.15) is 0 Å². The first-order valence-corrected chi connectivity index (χ1v) is 14.0. The summed E-state index contributed by atoms with van der Waals surface area (Å²) in [6.07, 6.45) is 8.55. The van der Waals surface area contributed by atoms with E-state index in [9.17, 15) is 0 Å². The zero-order valence-corrected chi connectivity index (χ0v) is 23.4. The maximum absolute atomic E-state index is 4.98. The first-order valence-electron chi connectivity index (χ1n) is 14.0. The van der Waals surface area contributed by atoms with E-state index in [0.29, 0.717) is 0 Å². The molecular weight excluding hydrogens is 482 g/mol. The summed E-state index contributed by atoms with van der Waals surface area (Å²) in [6, 6.07) is 37.4. The van der Waals surface area contributed by atoms with Crippen LogP contribution in [-0.2, 0) is 10.8 Å². The molecule has 0 saturated heterocycles. The van der Waals surface area contributed by atoms with E-state index in [0.717, 1.165) is 17.8 Å². The van der Waals surface area contributed by atoms with Gasteiger partial charge in [-0.2, -0.15) is 0 Å². The molecule has 1 nitrogen and oxygen atoms in total. The summed E-state index contributed by atoms with van der Waals surface area (Å²) in [5.41, 5.74) is 10.3. The number of benzene rings is 4. The lowest BCUT2D eigenvalue weighted by molar-refractivity contribution is 0.389. The number of aryl methyl sites for hydroxylation is 1. The molecule has 6 rings (SSSR count). The van der Waals surface area contributed by atoms with E-state index in [1.807, 2.05) is 6.08 Å². The van der Waals surface area contributed by atoms with Crippen LogP contribution >= 0.6 is 0 Å². The normalized spacial score (nSPS) is 19.2. The molecule has 0 amide bonds. The number of allylic oxidation sites excluding steroid dienone is 5. The van der Waals surface area contributed by atoms with E-state index in [1.54, 1.807) is 0 Å². The molecule has 0 aromatic heterocycles. The third kappa shape index (κ3) is 3.27. The summed E-state index contributed by atoms with van der Waals surface area (Å²) in [4.78, 5) is 2.43. The second-order valence-electron chi connectivity index (χ2n) is 10.7. The van der Waals surface area contributed by atoms with Gasteiger partial charge in [0.05, 0.1) is 16.5 Å². The summed E-state index contributed by atoms with van der Waals surface area (Å²) in [6.45, 7) is 19.0. The number of hydrogen-bond donors (Lipinski definition) is 0. The molecule has 2 aliphatic heterocycles. The standard InChI is InChI=1S/C39H35N/c1-6-17-29(4)38(32-18-11-8-12-19-32)30(5)40-27-26-31(7-2)36-28(3)24-25-35(37(36)40)39(38,33-20-13-9-14-21-33)34-22-15-10-16-23-34/h6-26H,2,4-5,27H2,1,3H3. The zero-order valence-electron chi connectivity index (χ0n) is 23.4. The summed E-state index contributed by atoms with van der Waals surface area (Å²) in [5.74, 6) is 0. The number of rotatable bonds is 6. The lowest BCUT2D eigenvalue weighted by Crippen LogP contribution is -2.60. The molecule has 0 saturated carbocycles. The van der Waals surface area contributed by atoms with Crippen LogP contribution in [-0.4, -0.2) is 6.54 Å². The van der Waals surface area contributed by atoms with Crippen LogP contribution in [0.2, 0.25) is 0 Å². The lowest BCUT2D eigenvalue weighted by Gasteiger charge is -2.61. The Morgan fingerprint density at radius 2 is 1.35 bits per heavy atom. The van der Waals surface area contributed by atoms with Crippen LogP contribution in [0.5, 0.6) is 0 Å². The van der Waals surface area contributed by atoms with Gasteiger partial charge >= 0.3 is 0 Å². The quantitative estimate of drug-likeness (QED) is 0.230. The van der Waals surface area contributed by atoms with Crippen molar-refractivity contribution < 1.29 is 0 Å². The van der Waals surface area contributed by atoms with Gasteiger partial charge in [0, 0.05) is 17.8 Å². The van der Waals surface area contributed by atoms with Crippen molar-refractivity contribution in [2.24, 2.45) is 0 Å². The minimum atomic E-state index is -0.720. The third-order valence-electron chi connectivity index (χ3n) is 8.85. The fourth-order valence-corrected chi connectivity index (χ4v) is 7.37. The van der Waals surface area contributed by atoms with Gasteiger partial charge in [-0.05, 0) is 52.8 Å². The Hall–Kier alpha value is -4.62. The average Bonchev–Trinajstić information content (AvgIpc) is 3.01. The average molecular weight is 518 g/mol. The van der Waals surface area contributed by atoms with Crippen molar-refractivity contribution in [1.29, 1.82) is 0 Å². The molecule has 1 atom stereocenters. The van der Waals surface area contributed by atoms with Gasteiger partial charge in [-0.1, -0.05) is 147 Å². The summed E-state index contributed by atoms with van der Waals surface area (Å²) in [5, 5.41) is 0. The Balaban J connectivity index is 1.93. The molecule has 196 valence electrons. The molecule has 0 fully saturated rings. The van der Waals surface area contributed by atoms with Crippen LogP contribution in [0.15, 0.2) is 158 Å². The molecule has 1 unspecified atom stereocenters. The van der Waals surface area contributed by atoms with Crippen LogP contribution in [0.3, 0.4) is 0 Å². The Morgan fingerprint density at radius 3 is 1.88 bits per heavy atom. The molecule has 2 heterocycles. The van der Waals surface area contributed by atoms with Crippen molar-refractivity contribution in [1.82, 2.24) is 0 Å². The Morgan fingerprint density at radius 1 is 0.800 bits per heavy atom. The first kappa shape index (κ1) is 25.6. The Kier molecular flexibility index (Phi) is 6.31. The smallest absolute Gasteiger partial charge is 0.0771 e. The maximum atomic E-state index is 4.98. The fourth-order valence-electron chi connectivity index (χ4n) is 7.37. The molecule has 2 aliphatic rings. The predicted octanol–water partition coefficient (Wildman–Crippen LogP) is 9.32.